The molecule has 8 heteroatoms. The Bertz CT molecular complexity index is 1010. The molecule has 0 radical (unpaired) electrons. The highest BCUT2D eigenvalue weighted by atomic mass is 32.2. The van der Waals surface area contributed by atoms with Crippen molar-refractivity contribution in [1.82, 2.24) is 19.3 Å². The molecule has 2 aromatic heterocycles. The number of aromatic nitrogens is 3. The summed E-state index contributed by atoms with van der Waals surface area (Å²) in [5.41, 5.74) is 1.76. The Kier molecular flexibility index (Phi) is 4.36. The van der Waals surface area contributed by atoms with E-state index < -0.39 is 10.0 Å². The van der Waals surface area contributed by atoms with Gasteiger partial charge in [-0.2, -0.15) is 4.31 Å². The molecule has 26 heavy (non-hydrogen) atoms. The summed E-state index contributed by atoms with van der Waals surface area (Å²) in [5.74, 6) is 1.20. The molecule has 0 atom stereocenters. The third kappa shape index (κ3) is 3.29. The van der Waals surface area contributed by atoms with E-state index in [0.29, 0.717) is 24.5 Å². The van der Waals surface area contributed by atoms with Crippen molar-refractivity contribution >= 4 is 10.0 Å². The van der Waals surface area contributed by atoms with Crippen molar-refractivity contribution in [3.63, 3.8) is 0 Å². The Hall–Kier alpha value is -2.84. The summed E-state index contributed by atoms with van der Waals surface area (Å²) in [6, 6.07) is 9.87. The van der Waals surface area contributed by atoms with Gasteiger partial charge in [-0.15, -0.1) is 0 Å². The predicted molar refractivity (Wildman–Crippen MR) is 94.1 cm³/mol. The highest BCUT2D eigenvalue weighted by Crippen LogP contribution is 2.26. The van der Waals surface area contributed by atoms with E-state index in [2.05, 4.69) is 15.0 Å². The molecule has 3 heterocycles. The zero-order valence-electron chi connectivity index (χ0n) is 13.8. The van der Waals surface area contributed by atoms with Crippen LogP contribution in [0.2, 0.25) is 0 Å². The molecule has 4 rings (SSSR count). The molecular weight excluding hydrogens is 352 g/mol. The Morgan fingerprint density at radius 3 is 2.46 bits per heavy atom. The zero-order valence-corrected chi connectivity index (χ0v) is 14.6. The molecule has 1 aliphatic rings. The van der Waals surface area contributed by atoms with Crippen LogP contribution in [-0.2, 0) is 23.0 Å². The van der Waals surface area contributed by atoms with Crippen LogP contribution < -0.4 is 4.74 Å². The van der Waals surface area contributed by atoms with Gasteiger partial charge in [0.1, 0.15) is 17.8 Å². The molecule has 1 aromatic carbocycles. The van der Waals surface area contributed by atoms with Gasteiger partial charge in [-0.25, -0.2) is 18.4 Å². The molecule has 3 aromatic rings. The van der Waals surface area contributed by atoms with Gasteiger partial charge in [0.2, 0.25) is 10.0 Å². The highest BCUT2D eigenvalue weighted by Gasteiger charge is 2.29. The van der Waals surface area contributed by atoms with Crippen LogP contribution in [0.3, 0.4) is 0 Å². The standard InChI is InChI=1S/C18H16N4O3S/c23-26(24,22-10-7-14-11-20-13-21-18(14)12-22)17-3-1-15(2-4-17)25-16-5-8-19-9-6-16/h1-6,8-9,11,13H,7,10,12H2. The summed E-state index contributed by atoms with van der Waals surface area (Å²) < 4.78 is 32.9. The highest BCUT2D eigenvalue weighted by molar-refractivity contribution is 7.89. The summed E-state index contributed by atoms with van der Waals surface area (Å²) in [4.78, 5) is 12.3. The van der Waals surface area contributed by atoms with E-state index >= 15 is 0 Å². The number of rotatable bonds is 4. The van der Waals surface area contributed by atoms with Crippen LogP contribution in [0.4, 0.5) is 0 Å². The van der Waals surface area contributed by atoms with E-state index in [4.69, 9.17) is 4.74 Å². The van der Waals surface area contributed by atoms with Gasteiger partial charge in [-0.3, -0.25) is 4.98 Å². The molecule has 0 saturated carbocycles. The molecule has 0 fully saturated rings. The Morgan fingerprint density at radius 2 is 1.69 bits per heavy atom. The monoisotopic (exact) mass is 368 g/mol. The molecule has 0 bridgehead atoms. The first-order chi connectivity index (χ1) is 12.6. The molecule has 0 aliphatic carbocycles. The van der Waals surface area contributed by atoms with Crippen molar-refractivity contribution in [3.8, 4) is 11.5 Å². The van der Waals surface area contributed by atoms with E-state index in [-0.39, 0.29) is 11.4 Å². The average Bonchev–Trinajstić information content (AvgIpc) is 2.69. The first kappa shape index (κ1) is 16.6. The maximum absolute atomic E-state index is 12.9. The summed E-state index contributed by atoms with van der Waals surface area (Å²) in [6.07, 6.45) is 7.06. The summed E-state index contributed by atoms with van der Waals surface area (Å²) in [6.45, 7) is 0.674. The number of ether oxygens (including phenoxy) is 1. The van der Waals surface area contributed by atoms with Crippen LogP contribution in [-0.4, -0.2) is 34.2 Å². The minimum absolute atomic E-state index is 0.233. The number of pyridine rings is 1. The van der Waals surface area contributed by atoms with Gasteiger partial charge < -0.3 is 4.74 Å². The molecule has 132 valence electrons. The number of fused-ring (bicyclic) bond motifs is 1. The molecule has 0 amide bonds. The normalized spacial score (nSPS) is 14.6. The second-order valence-corrected chi connectivity index (χ2v) is 7.78. The first-order valence-electron chi connectivity index (χ1n) is 8.09. The fourth-order valence-electron chi connectivity index (χ4n) is 2.80. The van der Waals surface area contributed by atoms with Crippen LogP contribution in [0.5, 0.6) is 11.5 Å². The third-order valence-corrected chi connectivity index (χ3v) is 6.04. The number of hydrogen-bond donors (Lipinski definition) is 0. The zero-order chi connectivity index (χ0) is 18.0. The first-order valence-corrected chi connectivity index (χ1v) is 9.53. The Balaban J connectivity index is 1.53. The van der Waals surface area contributed by atoms with Crippen LogP contribution in [0.1, 0.15) is 11.3 Å². The molecular formula is C18H16N4O3S. The van der Waals surface area contributed by atoms with Gasteiger partial charge in [0.05, 0.1) is 17.1 Å². The van der Waals surface area contributed by atoms with Crippen LogP contribution in [0.25, 0.3) is 0 Å². The van der Waals surface area contributed by atoms with Gasteiger partial charge >= 0.3 is 0 Å². The van der Waals surface area contributed by atoms with Crippen molar-refractivity contribution in [2.24, 2.45) is 0 Å². The van der Waals surface area contributed by atoms with Gasteiger partial charge in [0, 0.05) is 25.1 Å². The molecule has 1 aliphatic heterocycles. The maximum Gasteiger partial charge on any atom is 0.243 e. The smallest absolute Gasteiger partial charge is 0.243 e. The van der Waals surface area contributed by atoms with Gasteiger partial charge in [-0.1, -0.05) is 0 Å². The maximum atomic E-state index is 12.9. The van der Waals surface area contributed by atoms with Crippen molar-refractivity contribution in [2.75, 3.05) is 6.54 Å². The van der Waals surface area contributed by atoms with Gasteiger partial charge in [-0.05, 0) is 48.4 Å². The summed E-state index contributed by atoms with van der Waals surface area (Å²) in [7, 11) is -3.59. The number of sulfonamides is 1. The van der Waals surface area contributed by atoms with E-state index in [1.54, 1.807) is 55.0 Å². The Labute approximate surface area is 151 Å². The van der Waals surface area contributed by atoms with Crippen LogP contribution in [0.15, 0.2) is 66.2 Å². The number of hydrogen-bond acceptors (Lipinski definition) is 6. The molecule has 7 nitrogen and oxygen atoms in total. The lowest BCUT2D eigenvalue weighted by Crippen LogP contribution is -2.36. The van der Waals surface area contributed by atoms with Crippen LogP contribution in [0, 0.1) is 0 Å². The lowest BCUT2D eigenvalue weighted by Gasteiger charge is -2.27. The lowest BCUT2D eigenvalue weighted by molar-refractivity contribution is 0.384. The second-order valence-electron chi connectivity index (χ2n) is 5.84. The van der Waals surface area contributed by atoms with E-state index in [9.17, 15) is 8.42 Å². The van der Waals surface area contributed by atoms with Crippen molar-refractivity contribution < 1.29 is 13.2 Å². The molecule has 0 N–H and O–H groups in total. The minimum Gasteiger partial charge on any atom is -0.457 e. The topological polar surface area (TPSA) is 85.3 Å². The number of nitrogens with zero attached hydrogens (tertiary/aromatic N) is 4. The second kappa shape index (κ2) is 6.81. The minimum atomic E-state index is -3.59. The van der Waals surface area contributed by atoms with E-state index in [1.165, 1.54) is 10.6 Å². The molecule has 0 unspecified atom stereocenters. The average molecular weight is 368 g/mol. The van der Waals surface area contributed by atoms with E-state index in [1.807, 2.05) is 0 Å². The van der Waals surface area contributed by atoms with E-state index in [0.717, 1.165) is 11.3 Å². The molecule has 0 spiro atoms. The van der Waals surface area contributed by atoms with Crippen LogP contribution >= 0.6 is 0 Å². The van der Waals surface area contributed by atoms with Gasteiger partial charge in [0.25, 0.3) is 0 Å². The summed E-state index contributed by atoms with van der Waals surface area (Å²) in [5, 5.41) is 0. The fraction of sp³-hybridized carbons (Fsp3) is 0.167. The summed E-state index contributed by atoms with van der Waals surface area (Å²) >= 11 is 0. The van der Waals surface area contributed by atoms with Crippen molar-refractivity contribution in [3.05, 3.63) is 72.6 Å². The lowest BCUT2D eigenvalue weighted by atomic mass is 10.1. The predicted octanol–water partition coefficient (Wildman–Crippen LogP) is 2.41. The molecule has 0 saturated heterocycles. The number of benzene rings is 1. The fourth-order valence-corrected chi connectivity index (χ4v) is 4.20. The largest absolute Gasteiger partial charge is 0.457 e. The van der Waals surface area contributed by atoms with Gasteiger partial charge in [0.15, 0.2) is 0 Å². The Morgan fingerprint density at radius 1 is 0.962 bits per heavy atom. The SMILES string of the molecule is O=S(=O)(c1ccc(Oc2ccncc2)cc1)N1CCc2cncnc2C1. The van der Waals surface area contributed by atoms with Crippen molar-refractivity contribution in [1.29, 1.82) is 0 Å². The van der Waals surface area contributed by atoms with Crippen molar-refractivity contribution in [2.45, 2.75) is 17.9 Å². The third-order valence-electron chi connectivity index (χ3n) is 4.18. The quantitative estimate of drug-likeness (QED) is 0.703.